The Morgan fingerprint density at radius 3 is 2.34 bits per heavy atom. The Kier molecular flexibility index (Phi) is 14.5. The fourth-order valence-electron chi connectivity index (χ4n) is 3.68. The van der Waals surface area contributed by atoms with Crippen LogP contribution in [-0.4, -0.2) is 40.8 Å². The molecular weight excluding hydrogens is 438 g/mol. The summed E-state index contributed by atoms with van der Waals surface area (Å²) >= 11 is 6.02. The number of thiol groups is 1. The van der Waals surface area contributed by atoms with Gasteiger partial charge in [0.2, 0.25) is 5.91 Å². The Labute approximate surface area is 204 Å². The Hall–Kier alpha value is -1.40. The molecule has 0 heterocycles. The molecule has 4 atom stereocenters. The molecule has 1 aromatic carbocycles. The molecular formula is C26H41NO3S2. The number of carbonyl (C=O) groups excluding carboxylic acids is 1. The van der Waals surface area contributed by atoms with Gasteiger partial charge < -0.3 is 10.4 Å². The van der Waals surface area contributed by atoms with Crippen molar-refractivity contribution in [2.45, 2.75) is 58.9 Å². The second-order valence-electron chi connectivity index (χ2n) is 8.79. The molecule has 180 valence electrons. The Morgan fingerprint density at radius 1 is 1.12 bits per heavy atom. The predicted molar refractivity (Wildman–Crippen MR) is 141 cm³/mol. The lowest BCUT2D eigenvalue weighted by Crippen LogP contribution is -2.44. The average Bonchev–Trinajstić information content (AvgIpc) is 2.78. The number of hydrogen-bond acceptors (Lipinski definition) is 4. The Morgan fingerprint density at radius 2 is 1.81 bits per heavy atom. The summed E-state index contributed by atoms with van der Waals surface area (Å²) in [4.78, 5) is 24.8. The molecule has 0 radical (unpaired) electrons. The van der Waals surface area contributed by atoms with Gasteiger partial charge in [0.1, 0.15) is 6.04 Å². The van der Waals surface area contributed by atoms with Gasteiger partial charge in [-0.05, 0) is 73.2 Å². The maximum absolute atomic E-state index is 13.2. The molecule has 0 saturated carbocycles. The average molecular weight is 480 g/mol. The van der Waals surface area contributed by atoms with Crippen molar-refractivity contribution in [1.82, 2.24) is 5.32 Å². The van der Waals surface area contributed by atoms with Crippen LogP contribution in [0.5, 0.6) is 0 Å². The summed E-state index contributed by atoms with van der Waals surface area (Å²) in [6.45, 7) is 6.60. The minimum atomic E-state index is -0.966. The maximum Gasteiger partial charge on any atom is 0.326 e. The molecule has 1 amide bonds. The fraction of sp³-hybridized carbons (Fsp3) is 0.615. The first-order valence-corrected chi connectivity index (χ1v) is 13.7. The van der Waals surface area contributed by atoms with Gasteiger partial charge in [-0.3, -0.25) is 4.79 Å². The first-order valence-electron chi connectivity index (χ1n) is 11.7. The van der Waals surface area contributed by atoms with Crippen molar-refractivity contribution >= 4 is 36.3 Å². The molecule has 4 unspecified atom stereocenters. The fourth-order valence-corrected chi connectivity index (χ4v) is 4.53. The van der Waals surface area contributed by atoms with E-state index in [1.54, 1.807) is 11.8 Å². The van der Waals surface area contributed by atoms with E-state index in [1.807, 2.05) is 36.6 Å². The van der Waals surface area contributed by atoms with Crippen molar-refractivity contribution in [3.05, 3.63) is 48.0 Å². The topological polar surface area (TPSA) is 66.4 Å². The third-order valence-corrected chi connectivity index (χ3v) is 7.13. The molecule has 0 spiro atoms. The van der Waals surface area contributed by atoms with Crippen molar-refractivity contribution in [2.75, 3.05) is 17.8 Å². The van der Waals surface area contributed by atoms with Crippen molar-refractivity contribution in [3.8, 4) is 0 Å². The SMILES string of the molecule is CCC(/C=C/C(CCC(Cc1ccccc1)C(=O)NC(CCSC)C(=O)O)C(C)C)CS. The molecule has 0 aliphatic rings. The van der Waals surface area contributed by atoms with E-state index in [2.05, 4.69) is 50.9 Å². The van der Waals surface area contributed by atoms with Crippen molar-refractivity contribution in [1.29, 1.82) is 0 Å². The van der Waals surface area contributed by atoms with Crippen molar-refractivity contribution in [2.24, 2.45) is 23.7 Å². The number of carboxylic acid groups (broad SMARTS) is 1. The van der Waals surface area contributed by atoms with Crippen LogP contribution in [0.2, 0.25) is 0 Å². The number of thioether (sulfide) groups is 1. The first-order chi connectivity index (χ1) is 15.3. The van der Waals surface area contributed by atoms with Crippen LogP contribution in [0, 0.1) is 23.7 Å². The van der Waals surface area contributed by atoms with Crippen molar-refractivity contribution < 1.29 is 14.7 Å². The van der Waals surface area contributed by atoms with E-state index < -0.39 is 12.0 Å². The third kappa shape index (κ3) is 11.0. The molecule has 0 aromatic heterocycles. The molecule has 0 aliphatic carbocycles. The standard InChI is InChI=1S/C26H41NO3S2/c1-5-20(18-31)11-12-22(19(2)3)13-14-23(17-21-9-7-6-8-10-21)25(28)27-24(26(29)30)15-16-32-4/h6-12,19-20,22-24,31H,5,13-18H2,1-4H3,(H,27,28)(H,29,30)/b12-11+. The number of allylic oxidation sites excluding steroid dienone is 2. The highest BCUT2D eigenvalue weighted by atomic mass is 32.2. The lowest BCUT2D eigenvalue weighted by atomic mass is 9.84. The zero-order valence-corrected chi connectivity index (χ0v) is 21.7. The third-order valence-electron chi connectivity index (χ3n) is 6.02. The minimum absolute atomic E-state index is 0.157. The Bertz CT molecular complexity index is 690. The number of aliphatic carboxylic acids is 1. The van der Waals surface area contributed by atoms with E-state index in [0.29, 0.717) is 36.3 Å². The lowest BCUT2D eigenvalue weighted by Gasteiger charge is -2.24. The van der Waals surface area contributed by atoms with Gasteiger partial charge in [0, 0.05) is 5.92 Å². The van der Waals surface area contributed by atoms with E-state index in [1.165, 1.54) is 0 Å². The number of benzene rings is 1. The Balaban J connectivity index is 2.94. The van der Waals surface area contributed by atoms with Crippen LogP contribution in [-0.2, 0) is 16.0 Å². The van der Waals surface area contributed by atoms with Gasteiger partial charge in [-0.25, -0.2) is 4.79 Å². The lowest BCUT2D eigenvalue weighted by molar-refractivity contribution is -0.142. The zero-order valence-electron chi connectivity index (χ0n) is 20.0. The highest BCUT2D eigenvalue weighted by Crippen LogP contribution is 2.25. The van der Waals surface area contributed by atoms with E-state index >= 15 is 0 Å². The molecule has 1 aromatic rings. The first kappa shape index (κ1) is 28.6. The molecule has 0 aliphatic heterocycles. The van der Waals surface area contributed by atoms with Gasteiger partial charge in [0.05, 0.1) is 0 Å². The van der Waals surface area contributed by atoms with Crippen LogP contribution in [0.15, 0.2) is 42.5 Å². The van der Waals surface area contributed by atoms with E-state index in [4.69, 9.17) is 0 Å². The quantitative estimate of drug-likeness (QED) is 0.209. The summed E-state index contributed by atoms with van der Waals surface area (Å²) in [7, 11) is 0. The van der Waals surface area contributed by atoms with Gasteiger partial charge in [-0.1, -0.05) is 63.3 Å². The van der Waals surface area contributed by atoms with Gasteiger partial charge >= 0.3 is 5.97 Å². The summed E-state index contributed by atoms with van der Waals surface area (Å²) < 4.78 is 0. The molecule has 32 heavy (non-hydrogen) atoms. The van der Waals surface area contributed by atoms with Gasteiger partial charge in [-0.2, -0.15) is 24.4 Å². The molecule has 4 nitrogen and oxygen atoms in total. The monoisotopic (exact) mass is 479 g/mol. The van der Waals surface area contributed by atoms with Gasteiger partial charge in [0.15, 0.2) is 0 Å². The highest BCUT2D eigenvalue weighted by molar-refractivity contribution is 7.98. The minimum Gasteiger partial charge on any atom is -0.480 e. The van der Waals surface area contributed by atoms with Gasteiger partial charge in [-0.15, -0.1) is 0 Å². The number of rotatable bonds is 16. The number of amides is 1. The van der Waals surface area contributed by atoms with Crippen LogP contribution in [0.3, 0.4) is 0 Å². The van der Waals surface area contributed by atoms with Crippen LogP contribution in [0.4, 0.5) is 0 Å². The zero-order chi connectivity index (χ0) is 23.9. The smallest absolute Gasteiger partial charge is 0.326 e. The van der Waals surface area contributed by atoms with Crippen LogP contribution >= 0.6 is 24.4 Å². The summed E-state index contributed by atoms with van der Waals surface area (Å²) in [5, 5.41) is 12.4. The molecule has 0 saturated heterocycles. The highest BCUT2D eigenvalue weighted by Gasteiger charge is 2.26. The largest absolute Gasteiger partial charge is 0.480 e. The molecule has 1 rings (SSSR count). The van der Waals surface area contributed by atoms with E-state index in [0.717, 1.165) is 30.6 Å². The van der Waals surface area contributed by atoms with Crippen LogP contribution in [0.1, 0.15) is 52.0 Å². The summed E-state index contributed by atoms with van der Waals surface area (Å²) in [5.74, 6) is 1.47. The summed E-state index contributed by atoms with van der Waals surface area (Å²) in [6, 6.07) is 9.14. The second kappa shape index (κ2) is 16.2. The van der Waals surface area contributed by atoms with Crippen molar-refractivity contribution in [3.63, 3.8) is 0 Å². The van der Waals surface area contributed by atoms with Crippen LogP contribution < -0.4 is 5.32 Å². The predicted octanol–water partition coefficient (Wildman–Crippen LogP) is 5.73. The molecule has 6 heteroatoms. The number of hydrogen-bond donors (Lipinski definition) is 3. The van der Waals surface area contributed by atoms with Crippen LogP contribution in [0.25, 0.3) is 0 Å². The molecule has 0 fully saturated rings. The number of carboxylic acids is 1. The number of carbonyl (C=O) groups is 2. The van der Waals surface area contributed by atoms with E-state index in [-0.39, 0.29) is 11.8 Å². The van der Waals surface area contributed by atoms with E-state index in [9.17, 15) is 14.7 Å². The van der Waals surface area contributed by atoms with Gasteiger partial charge in [0.25, 0.3) is 0 Å². The summed E-state index contributed by atoms with van der Waals surface area (Å²) in [6.07, 6.45) is 10.2. The normalized spacial score (nSPS) is 15.4. The number of nitrogens with one attached hydrogen (secondary N) is 1. The molecule has 0 bridgehead atoms. The second-order valence-corrected chi connectivity index (χ2v) is 10.1. The molecule has 2 N–H and O–H groups in total. The summed E-state index contributed by atoms with van der Waals surface area (Å²) in [5.41, 5.74) is 1.10. The maximum atomic E-state index is 13.2.